The van der Waals surface area contributed by atoms with Gasteiger partial charge in [-0.05, 0) is 6.92 Å². The number of aliphatic hydroxyl groups is 1. The molecule has 0 radical (unpaired) electrons. The monoisotopic (exact) mass is 272 g/mol. The lowest BCUT2D eigenvalue weighted by atomic mass is 10.2. The second-order valence-corrected chi connectivity index (χ2v) is 5.08. The first kappa shape index (κ1) is 13.2. The van der Waals surface area contributed by atoms with Crippen LogP contribution in [0.2, 0.25) is 0 Å². The molecule has 8 heteroatoms. The smallest absolute Gasteiger partial charge is 0.285 e. The van der Waals surface area contributed by atoms with Crippen LogP contribution >= 0.6 is 11.3 Å². The maximum Gasteiger partial charge on any atom is 0.285 e. The van der Waals surface area contributed by atoms with Crippen LogP contribution in [0.3, 0.4) is 0 Å². The van der Waals surface area contributed by atoms with E-state index in [0.717, 1.165) is 0 Å². The predicted octanol–water partition coefficient (Wildman–Crippen LogP) is -0.198. The molecule has 0 bridgehead atoms. The Labute approximate surface area is 109 Å². The fraction of sp³-hybridized carbons (Fsp3) is 0.700. The number of nitrogens with one attached hydrogen (secondary N) is 1. The van der Waals surface area contributed by atoms with E-state index in [0.29, 0.717) is 23.3 Å². The molecule has 1 fully saturated rings. The van der Waals surface area contributed by atoms with Crippen molar-refractivity contribution < 1.29 is 14.6 Å². The zero-order chi connectivity index (χ0) is 13.1. The van der Waals surface area contributed by atoms with Crippen LogP contribution in [0.4, 0.5) is 5.13 Å². The van der Waals surface area contributed by atoms with Gasteiger partial charge in [0.05, 0.1) is 25.4 Å². The summed E-state index contributed by atoms with van der Waals surface area (Å²) in [5, 5.41) is 20.6. The fourth-order valence-electron chi connectivity index (χ4n) is 1.74. The summed E-state index contributed by atoms with van der Waals surface area (Å²) in [6, 6.07) is -0.0257. The maximum absolute atomic E-state index is 12.3. The molecule has 1 amide bonds. The highest BCUT2D eigenvalue weighted by Gasteiger charge is 2.31. The highest BCUT2D eigenvalue weighted by atomic mass is 32.1. The van der Waals surface area contributed by atoms with Crippen molar-refractivity contribution in [2.75, 3.05) is 32.1 Å². The highest BCUT2D eigenvalue weighted by Crippen LogP contribution is 2.20. The number of anilines is 1. The Morgan fingerprint density at radius 2 is 2.44 bits per heavy atom. The van der Waals surface area contributed by atoms with Gasteiger partial charge in [-0.25, -0.2) is 0 Å². The van der Waals surface area contributed by atoms with E-state index < -0.39 is 0 Å². The number of morpholine rings is 1. The zero-order valence-corrected chi connectivity index (χ0v) is 11.1. The number of carbonyl (C=O) groups is 1. The lowest BCUT2D eigenvalue weighted by Crippen LogP contribution is -2.52. The third-order valence-corrected chi connectivity index (χ3v) is 3.72. The summed E-state index contributed by atoms with van der Waals surface area (Å²) in [6.45, 7) is 2.62. The second-order valence-electron chi connectivity index (χ2n) is 4.11. The number of ether oxygens (including phenoxy) is 1. The van der Waals surface area contributed by atoms with Crippen LogP contribution in [-0.4, -0.2) is 65.1 Å². The Morgan fingerprint density at radius 1 is 1.67 bits per heavy atom. The van der Waals surface area contributed by atoms with Crippen molar-refractivity contribution in [2.24, 2.45) is 0 Å². The number of aliphatic hydroxyl groups excluding tert-OH is 1. The van der Waals surface area contributed by atoms with Gasteiger partial charge in [0.25, 0.3) is 5.91 Å². The van der Waals surface area contributed by atoms with E-state index in [2.05, 4.69) is 15.5 Å². The van der Waals surface area contributed by atoms with Gasteiger partial charge in [-0.1, -0.05) is 11.3 Å². The van der Waals surface area contributed by atoms with Gasteiger partial charge in [0, 0.05) is 13.6 Å². The molecule has 2 rings (SSSR count). The Hall–Kier alpha value is -1.25. The van der Waals surface area contributed by atoms with Crippen molar-refractivity contribution in [2.45, 2.75) is 19.1 Å². The summed E-state index contributed by atoms with van der Waals surface area (Å²) < 4.78 is 5.39. The minimum absolute atomic E-state index is 0.0257. The Morgan fingerprint density at radius 3 is 3.06 bits per heavy atom. The van der Waals surface area contributed by atoms with E-state index in [9.17, 15) is 4.79 Å². The van der Waals surface area contributed by atoms with E-state index in [1.54, 1.807) is 11.9 Å². The predicted molar refractivity (Wildman–Crippen MR) is 66.8 cm³/mol. The van der Waals surface area contributed by atoms with Gasteiger partial charge in [-0.15, -0.1) is 10.2 Å². The molecule has 100 valence electrons. The summed E-state index contributed by atoms with van der Waals surface area (Å²) in [5.41, 5.74) is 0. The minimum Gasteiger partial charge on any atom is -0.394 e. The average Bonchev–Trinajstić information content (AvgIpc) is 2.87. The molecule has 1 saturated heterocycles. The molecular formula is C10H16N4O3S. The highest BCUT2D eigenvalue weighted by molar-refractivity contribution is 7.17. The van der Waals surface area contributed by atoms with Gasteiger partial charge in [-0.2, -0.15) is 0 Å². The molecule has 2 heterocycles. The first-order valence-corrected chi connectivity index (χ1v) is 6.52. The van der Waals surface area contributed by atoms with Gasteiger partial charge < -0.3 is 20.1 Å². The summed E-state index contributed by atoms with van der Waals surface area (Å²) >= 11 is 1.22. The fourth-order valence-corrected chi connectivity index (χ4v) is 2.40. The zero-order valence-electron chi connectivity index (χ0n) is 10.3. The van der Waals surface area contributed by atoms with Crippen LogP contribution in [0.1, 0.15) is 16.7 Å². The van der Waals surface area contributed by atoms with Gasteiger partial charge in [0.15, 0.2) is 0 Å². The summed E-state index contributed by atoms with van der Waals surface area (Å²) in [4.78, 5) is 13.9. The minimum atomic E-state index is -0.318. The van der Waals surface area contributed by atoms with Crippen molar-refractivity contribution in [1.82, 2.24) is 15.1 Å². The summed E-state index contributed by atoms with van der Waals surface area (Å²) in [5.74, 6) is -0.164. The van der Waals surface area contributed by atoms with Crippen LogP contribution in [-0.2, 0) is 4.74 Å². The largest absolute Gasteiger partial charge is 0.394 e. The maximum atomic E-state index is 12.3. The van der Waals surface area contributed by atoms with Crippen molar-refractivity contribution in [1.29, 1.82) is 0 Å². The lowest BCUT2D eigenvalue weighted by molar-refractivity contribution is -0.0667. The number of rotatable bonds is 3. The molecule has 1 aliphatic rings. The number of carbonyl (C=O) groups excluding carboxylic acids is 1. The van der Waals surface area contributed by atoms with Gasteiger partial charge >= 0.3 is 0 Å². The quantitative estimate of drug-likeness (QED) is 0.792. The van der Waals surface area contributed by atoms with E-state index in [-0.39, 0.29) is 24.7 Å². The molecule has 1 aromatic rings. The second kappa shape index (κ2) is 5.59. The standard InChI is InChI=1S/C10H16N4O3S/c1-6-5-17-7(4-15)3-14(6)9(16)8-12-13-10(11-2)18-8/h6-7,15H,3-5H2,1-2H3,(H,11,13). The summed E-state index contributed by atoms with van der Waals surface area (Å²) in [6.07, 6.45) is -0.318. The Balaban J connectivity index is 2.11. The third kappa shape index (κ3) is 2.60. The number of aromatic nitrogens is 2. The molecule has 0 aliphatic carbocycles. The number of hydrogen-bond donors (Lipinski definition) is 2. The Bertz CT molecular complexity index is 425. The number of nitrogens with zero attached hydrogens (tertiary/aromatic N) is 3. The van der Waals surface area contributed by atoms with Gasteiger partial charge in [-0.3, -0.25) is 4.79 Å². The van der Waals surface area contributed by atoms with E-state index in [1.165, 1.54) is 11.3 Å². The van der Waals surface area contributed by atoms with Crippen molar-refractivity contribution in [3.63, 3.8) is 0 Å². The van der Waals surface area contributed by atoms with E-state index in [4.69, 9.17) is 9.84 Å². The number of amides is 1. The van der Waals surface area contributed by atoms with Crippen LogP contribution in [0.15, 0.2) is 0 Å². The topological polar surface area (TPSA) is 87.6 Å². The molecule has 0 aromatic carbocycles. The van der Waals surface area contributed by atoms with Crippen molar-refractivity contribution in [3.05, 3.63) is 5.01 Å². The van der Waals surface area contributed by atoms with Gasteiger partial charge in [0.1, 0.15) is 0 Å². The molecule has 18 heavy (non-hydrogen) atoms. The van der Waals surface area contributed by atoms with Crippen molar-refractivity contribution >= 4 is 22.4 Å². The first-order valence-electron chi connectivity index (χ1n) is 5.70. The normalized spacial score (nSPS) is 24.1. The molecule has 1 aromatic heterocycles. The van der Waals surface area contributed by atoms with Crippen LogP contribution in [0.25, 0.3) is 0 Å². The molecule has 2 atom stereocenters. The molecule has 0 spiro atoms. The molecule has 7 nitrogen and oxygen atoms in total. The molecule has 2 N–H and O–H groups in total. The van der Waals surface area contributed by atoms with Crippen LogP contribution < -0.4 is 5.32 Å². The lowest BCUT2D eigenvalue weighted by Gasteiger charge is -2.36. The van der Waals surface area contributed by atoms with E-state index in [1.807, 2.05) is 6.92 Å². The first-order chi connectivity index (χ1) is 8.65. The molecule has 0 saturated carbocycles. The average molecular weight is 272 g/mol. The van der Waals surface area contributed by atoms with E-state index >= 15 is 0 Å². The molecule has 2 unspecified atom stereocenters. The SMILES string of the molecule is CNc1nnc(C(=O)N2CC(CO)OCC2C)s1. The Kier molecular flexibility index (Phi) is 4.10. The van der Waals surface area contributed by atoms with Crippen LogP contribution in [0, 0.1) is 0 Å². The van der Waals surface area contributed by atoms with Crippen molar-refractivity contribution in [3.8, 4) is 0 Å². The van der Waals surface area contributed by atoms with Crippen LogP contribution in [0.5, 0.6) is 0 Å². The number of hydrogen-bond acceptors (Lipinski definition) is 7. The summed E-state index contributed by atoms with van der Waals surface area (Å²) in [7, 11) is 1.73. The van der Waals surface area contributed by atoms with Gasteiger partial charge in [0.2, 0.25) is 10.1 Å². The molecular weight excluding hydrogens is 256 g/mol. The third-order valence-electron chi connectivity index (χ3n) is 2.79. The molecule has 1 aliphatic heterocycles.